The lowest BCUT2D eigenvalue weighted by molar-refractivity contribution is -0.119. The summed E-state index contributed by atoms with van der Waals surface area (Å²) >= 11 is 5.93. The molecule has 0 radical (unpaired) electrons. The van der Waals surface area contributed by atoms with E-state index in [1.807, 2.05) is 42.0 Å². The van der Waals surface area contributed by atoms with Crippen molar-refractivity contribution in [3.8, 4) is 0 Å². The fraction of sp³-hybridized carbons (Fsp3) is 0.250. The highest BCUT2D eigenvalue weighted by Crippen LogP contribution is 2.23. The Balaban J connectivity index is 2.61. The van der Waals surface area contributed by atoms with Crippen LogP contribution in [0.5, 0.6) is 0 Å². The van der Waals surface area contributed by atoms with Crippen molar-refractivity contribution in [1.82, 2.24) is 4.57 Å². The Labute approximate surface area is 93.5 Å². The maximum Gasteiger partial charge on any atom is 0.152 e. The van der Waals surface area contributed by atoms with Gasteiger partial charge < -0.3 is 4.57 Å². The van der Waals surface area contributed by atoms with Gasteiger partial charge in [-0.15, -0.1) is 0 Å². The lowest BCUT2D eigenvalue weighted by Crippen LogP contribution is -2.11. The highest BCUT2D eigenvalue weighted by Gasteiger charge is 2.12. The second kappa shape index (κ2) is 3.70. The summed E-state index contributed by atoms with van der Waals surface area (Å²) in [5.41, 5.74) is 1.00. The zero-order chi connectivity index (χ0) is 11.0. The summed E-state index contributed by atoms with van der Waals surface area (Å²) in [6.07, 6.45) is 1.92. The van der Waals surface area contributed by atoms with E-state index in [0.717, 1.165) is 10.9 Å². The van der Waals surface area contributed by atoms with Gasteiger partial charge in [0, 0.05) is 11.2 Å². The first-order valence-electron chi connectivity index (χ1n) is 4.86. The largest absolute Gasteiger partial charge is 0.337 e. The molecule has 0 N–H and O–H groups in total. The number of nitrogens with zero attached hydrogens (tertiary/aromatic N) is 1. The number of rotatable bonds is 2. The van der Waals surface area contributed by atoms with Crippen LogP contribution in [0.25, 0.3) is 10.9 Å². The summed E-state index contributed by atoms with van der Waals surface area (Å²) < 4.78 is 1.95. The van der Waals surface area contributed by atoms with Crippen molar-refractivity contribution in [3.05, 3.63) is 35.5 Å². The van der Waals surface area contributed by atoms with Crippen LogP contribution < -0.4 is 0 Å². The average Bonchev–Trinajstić information content (AvgIpc) is 2.59. The molecule has 1 heterocycles. The minimum absolute atomic E-state index is 0.138. The molecular weight excluding hydrogens is 210 g/mol. The quantitative estimate of drug-likeness (QED) is 0.762. The first-order valence-corrected chi connectivity index (χ1v) is 5.24. The van der Waals surface area contributed by atoms with Gasteiger partial charge in [0.15, 0.2) is 5.78 Å². The van der Waals surface area contributed by atoms with Crippen molar-refractivity contribution >= 4 is 28.3 Å². The molecule has 1 unspecified atom stereocenters. The van der Waals surface area contributed by atoms with Crippen molar-refractivity contribution in [3.63, 3.8) is 0 Å². The summed E-state index contributed by atoms with van der Waals surface area (Å²) in [5, 5.41) is 1.80. The predicted octanol–water partition coefficient (Wildman–Crippen LogP) is 3.44. The van der Waals surface area contributed by atoms with Gasteiger partial charge in [0.05, 0.1) is 11.6 Å². The molecule has 2 nitrogen and oxygen atoms in total. The smallest absolute Gasteiger partial charge is 0.152 e. The molecule has 2 rings (SSSR count). The first-order chi connectivity index (χ1) is 7.09. The number of aromatic nitrogens is 1. The van der Waals surface area contributed by atoms with E-state index in [9.17, 15) is 4.79 Å². The number of halogens is 1. The Morgan fingerprint density at radius 2 is 2.13 bits per heavy atom. The zero-order valence-corrected chi connectivity index (χ0v) is 9.45. The normalized spacial score (nSPS) is 13.0. The highest BCUT2D eigenvalue weighted by molar-refractivity contribution is 6.31. The maximum atomic E-state index is 11.3. The zero-order valence-electron chi connectivity index (χ0n) is 8.70. The van der Waals surface area contributed by atoms with Gasteiger partial charge in [-0.25, -0.2) is 0 Å². The molecule has 0 saturated carbocycles. The van der Waals surface area contributed by atoms with Crippen LogP contribution in [-0.2, 0) is 4.79 Å². The monoisotopic (exact) mass is 221 g/mol. The van der Waals surface area contributed by atoms with E-state index in [4.69, 9.17) is 11.6 Å². The van der Waals surface area contributed by atoms with Crippen LogP contribution in [0.15, 0.2) is 30.5 Å². The molecule has 0 saturated heterocycles. The van der Waals surface area contributed by atoms with Crippen LogP contribution in [0.2, 0.25) is 5.02 Å². The molecule has 0 bridgehead atoms. The van der Waals surface area contributed by atoms with Crippen LogP contribution in [0.1, 0.15) is 19.9 Å². The van der Waals surface area contributed by atoms with Gasteiger partial charge in [0.1, 0.15) is 0 Å². The van der Waals surface area contributed by atoms with Gasteiger partial charge in [-0.2, -0.15) is 0 Å². The van der Waals surface area contributed by atoms with Crippen molar-refractivity contribution < 1.29 is 4.79 Å². The number of benzene rings is 1. The van der Waals surface area contributed by atoms with E-state index in [2.05, 4.69) is 0 Å². The van der Waals surface area contributed by atoms with Gasteiger partial charge in [-0.3, -0.25) is 4.79 Å². The predicted molar refractivity (Wildman–Crippen MR) is 62.3 cm³/mol. The van der Waals surface area contributed by atoms with E-state index in [1.165, 1.54) is 0 Å². The molecule has 0 aliphatic heterocycles. The molecule has 0 aliphatic carbocycles. The summed E-state index contributed by atoms with van der Waals surface area (Å²) in [6, 6.07) is 7.55. The number of hydrogen-bond acceptors (Lipinski definition) is 1. The van der Waals surface area contributed by atoms with E-state index < -0.39 is 0 Å². The van der Waals surface area contributed by atoms with E-state index in [1.54, 1.807) is 6.92 Å². The number of fused-ring (bicyclic) bond motifs is 1. The van der Waals surface area contributed by atoms with Crippen molar-refractivity contribution in [2.24, 2.45) is 0 Å². The second-order valence-electron chi connectivity index (χ2n) is 3.71. The summed E-state index contributed by atoms with van der Waals surface area (Å²) in [7, 11) is 0. The Bertz CT molecular complexity index is 515. The van der Waals surface area contributed by atoms with Crippen molar-refractivity contribution in [1.29, 1.82) is 0 Å². The molecule has 3 heteroatoms. The topological polar surface area (TPSA) is 22.0 Å². The molecular formula is C12H12ClNO. The first kappa shape index (κ1) is 10.2. The number of hydrogen-bond donors (Lipinski definition) is 0. The third-order valence-electron chi connectivity index (χ3n) is 2.69. The van der Waals surface area contributed by atoms with E-state index >= 15 is 0 Å². The standard InChI is InChI=1S/C12H12ClNO/c1-8(9(2)15)14-6-5-10-3-4-11(13)7-12(10)14/h3-8H,1-2H3. The highest BCUT2D eigenvalue weighted by atomic mass is 35.5. The molecule has 78 valence electrons. The average molecular weight is 222 g/mol. The molecule has 1 atom stereocenters. The number of carbonyl (C=O) groups is 1. The molecule has 2 aromatic rings. The molecule has 1 aromatic heterocycles. The van der Waals surface area contributed by atoms with E-state index in [0.29, 0.717) is 5.02 Å². The minimum atomic E-state index is -0.138. The second-order valence-corrected chi connectivity index (χ2v) is 4.15. The third kappa shape index (κ3) is 1.77. The fourth-order valence-corrected chi connectivity index (χ4v) is 1.82. The molecule has 0 aliphatic rings. The SMILES string of the molecule is CC(=O)C(C)n1ccc2ccc(Cl)cc21. The number of Topliss-reactive ketones (excluding diaryl/α,β-unsaturated/α-hetero) is 1. The van der Waals surface area contributed by atoms with Gasteiger partial charge in [-0.05, 0) is 37.4 Å². The Morgan fingerprint density at radius 3 is 2.80 bits per heavy atom. The van der Waals surface area contributed by atoms with Crippen LogP contribution >= 0.6 is 11.6 Å². The Hall–Kier alpha value is -1.28. The Morgan fingerprint density at radius 1 is 1.40 bits per heavy atom. The third-order valence-corrected chi connectivity index (χ3v) is 2.93. The Kier molecular flexibility index (Phi) is 2.53. The maximum absolute atomic E-state index is 11.3. The van der Waals surface area contributed by atoms with Crippen LogP contribution in [0.4, 0.5) is 0 Å². The molecule has 1 aromatic carbocycles. The van der Waals surface area contributed by atoms with E-state index in [-0.39, 0.29) is 11.8 Å². The van der Waals surface area contributed by atoms with Gasteiger partial charge >= 0.3 is 0 Å². The fourth-order valence-electron chi connectivity index (χ4n) is 1.66. The minimum Gasteiger partial charge on any atom is -0.337 e. The number of carbonyl (C=O) groups excluding carboxylic acids is 1. The lowest BCUT2D eigenvalue weighted by Gasteiger charge is -2.11. The van der Waals surface area contributed by atoms with Gasteiger partial charge in [0.2, 0.25) is 0 Å². The lowest BCUT2D eigenvalue weighted by atomic mass is 10.2. The van der Waals surface area contributed by atoms with Gasteiger partial charge in [0.25, 0.3) is 0 Å². The molecule has 0 spiro atoms. The van der Waals surface area contributed by atoms with Crippen molar-refractivity contribution in [2.45, 2.75) is 19.9 Å². The van der Waals surface area contributed by atoms with Crippen LogP contribution in [-0.4, -0.2) is 10.4 Å². The van der Waals surface area contributed by atoms with Crippen LogP contribution in [0.3, 0.4) is 0 Å². The van der Waals surface area contributed by atoms with Crippen LogP contribution in [0, 0.1) is 0 Å². The summed E-state index contributed by atoms with van der Waals surface area (Å²) in [6.45, 7) is 3.49. The molecule has 0 amide bonds. The van der Waals surface area contributed by atoms with Gasteiger partial charge in [-0.1, -0.05) is 17.7 Å². The number of ketones is 1. The molecule has 0 fully saturated rings. The molecule has 15 heavy (non-hydrogen) atoms. The summed E-state index contributed by atoms with van der Waals surface area (Å²) in [4.78, 5) is 11.3. The summed E-state index contributed by atoms with van der Waals surface area (Å²) in [5.74, 6) is 0.146. The van der Waals surface area contributed by atoms with Crippen molar-refractivity contribution in [2.75, 3.05) is 0 Å².